The zero-order valence-corrected chi connectivity index (χ0v) is 9.30. The summed E-state index contributed by atoms with van der Waals surface area (Å²) >= 11 is 0. The topological polar surface area (TPSA) is 65.4 Å². The molecule has 0 aliphatic carbocycles. The summed E-state index contributed by atoms with van der Waals surface area (Å²) in [6.45, 7) is 1.10. The summed E-state index contributed by atoms with van der Waals surface area (Å²) < 4.78 is 0. The van der Waals surface area contributed by atoms with Crippen molar-refractivity contribution in [2.24, 2.45) is 0 Å². The fourth-order valence-corrected chi connectivity index (χ4v) is 1.55. The second-order valence-corrected chi connectivity index (χ2v) is 3.71. The molecule has 17 heavy (non-hydrogen) atoms. The van der Waals surface area contributed by atoms with Gasteiger partial charge in [-0.25, -0.2) is 0 Å². The Kier molecular flexibility index (Phi) is 3.57. The summed E-state index contributed by atoms with van der Waals surface area (Å²) in [5, 5.41) is 22.1. The number of pyridine rings is 1. The summed E-state index contributed by atoms with van der Waals surface area (Å²) in [4.78, 5) is 4.18. The van der Waals surface area contributed by atoms with Crippen LogP contribution < -0.4 is 5.32 Å². The van der Waals surface area contributed by atoms with Crippen molar-refractivity contribution in [2.45, 2.75) is 13.1 Å². The highest BCUT2D eigenvalue weighted by atomic mass is 16.3. The molecule has 0 unspecified atom stereocenters. The first kappa shape index (κ1) is 11.4. The van der Waals surface area contributed by atoms with Gasteiger partial charge in [-0.15, -0.1) is 0 Å². The highest BCUT2D eigenvalue weighted by molar-refractivity contribution is 5.44. The number of phenolic OH excluding ortho intramolecular Hbond substituents is 2. The molecule has 4 heteroatoms. The molecular weight excluding hydrogens is 216 g/mol. The standard InChI is InChI=1S/C13H14N2O2/c16-12-6-3-4-10(13(12)17)8-14-9-11-5-1-2-7-15-11/h1-7,14,16-17H,8-9H2. The molecule has 2 aromatic rings. The zero-order chi connectivity index (χ0) is 12.1. The quantitative estimate of drug-likeness (QED) is 0.700. The lowest BCUT2D eigenvalue weighted by Crippen LogP contribution is -2.13. The summed E-state index contributed by atoms with van der Waals surface area (Å²) in [5.41, 5.74) is 1.60. The van der Waals surface area contributed by atoms with Gasteiger partial charge in [0.05, 0.1) is 5.69 Å². The summed E-state index contributed by atoms with van der Waals surface area (Å²) in [7, 11) is 0. The number of rotatable bonds is 4. The number of benzene rings is 1. The van der Waals surface area contributed by atoms with E-state index in [-0.39, 0.29) is 11.5 Å². The predicted octanol–water partition coefficient (Wildman–Crippen LogP) is 1.78. The van der Waals surface area contributed by atoms with Gasteiger partial charge in [0.2, 0.25) is 0 Å². The largest absolute Gasteiger partial charge is 0.504 e. The number of para-hydroxylation sites is 1. The van der Waals surface area contributed by atoms with Crippen LogP contribution in [-0.2, 0) is 13.1 Å². The van der Waals surface area contributed by atoms with E-state index in [1.807, 2.05) is 18.2 Å². The average Bonchev–Trinajstić information content (AvgIpc) is 2.36. The molecule has 1 heterocycles. The molecule has 1 aromatic heterocycles. The number of hydrogen-bond donors (Lipinski definition) is 3. The van der Waals surface area contributed by atoms with E-state index in [2.05, 4.69) is 10.3 Å². The number of hydrogen-bond acceptors (Lipinski definition) is 4. The van der Waals surface area contributed by atoms with Gasteiger partial charge in [0.1, 0.15) is 0 Å². The average molecular weight is 230 g/mol. The monoisotopic (exact) mass is 230 g/mol. The van der Waals surface area contributed by atoms with E-state index in [9.17, 15) is 10.2 Å². The van der Waals surface area contributed by atoms with Crippen molar-refractivity contribution in [2.75, 3.05) is 0 Å². The minimum Gasteiger partial charge on any atom is -0.504 e. The molecule has 0 saturated heterocycles. The van der Waals surface area contributed by atoms with Crippen LogP contribution in [0.3, 0.4) is 0 Å². The van der Waals surface area contributed by atoms with Crippen molar-refractivity contribution in [3.63, 3.8) is 0 Å². The Labute approximate surface area is 99.6 Å². The van der Waals surface area contributed by atoms with E-state index in [0.29, 0.717) is 18.7 Å². The van der Waals surface area contributed by atoms with Gasteiger partial charge in [-0.3, -0.25) is 4.98 Å². The predicted molar refractivity (Wildman–Crippen MR) is 64.6 cm³/mol. The van der Waals surface area contributed by atoms with Crippen molar-refractivity contribution in [3.8, 4) is 11.5 Å². The molecule has 0 saturated carbocycles. The van der Waals surface area contributed by atoms with Crippen molar-refractivity contribution in [1.29, 1.82) is 0 Å². The van der Waals surface area contributed by atoms with Crippen LogP contribution in [0, 0.1) is 0 Å². The molecule has 0 spiro atoms. The highest BCUT2D eigenvalue weighted by Gasteiger charge is 2.04. The molecule has 0 aliphatic rings. The molecule has 0 atom stereocenters. The van der Waals surface area contributed by atoms with Gasteiger partial charge < -0.3 is 15.5 Å². The third kappa shape index (κ3) is 2.95. The van der Waals surface area contributed by atoms with Crippen LogP contribution in [0.25, 0.3) is 0 Å². The number of aromatic nitrogens is 1. The second kappa shape index (κ2) is 5.32. The van der Waals surface area contributed by atoms with Crippen molar-refractivity contribution in [3.05, 3.63) is 53.9 Å². The van der Waals surface area contributed by atoms with Gasteiger partial charge in [0.25, 0.3) is 0 Å². The first-order valence-corrected chi connectivity index (χ1v) is 5.38. The molecule has 88 valence electrons. The molecule has 4 nitrogen and oxygen atoms in total. The SMILES string of the molecule is Oc1cccc(CNCc2ccccn2)c1O. The van der Waals surface area contributed by atoms with Crippen LogP contribution in [-0.4, -0.2) is 15.2 Å². The molecule has 0 aliphatic heterocycles. The third-order valence-electron chi connectivity index (χ3n) is 2.45. The molecular formula is C13H14N2O2. The second-order valence-electron chi connectivity index (χ2n) is 3.71. The molecule has 0 bridgehead atoms. The Morgan fingerprint density at radius 2 is 1.88 bits per heavy atom. The maximum atomic E-state index is 9.59. The van der Waals surface area contributed by atoms with Crippen LogP contribution in [0.2, 0.25) is 0 Å². The maximum absolute atomic E-state index is 9.59. The van der Waals surface area contributed by atoms with Crippen LogP contribution >= 0.6 is 0 Å². The highest BCUT2D eigenvalue weighted by Crippen LogP contribution is 2.27. The third-order valence-corrected chi connectivity index (χ3v) is 2.45. The van der Waals surface area contributed by atoms with Gasteiger partial charge in [-0.05, 0) is 18.2 Å². The summed E-state index contributed by atoms with van der Waals surface area (Å²) in [6, 6.07) is 10.6. The Balaban J connectivity index is 1.93. The normalized spacial score (nSPS) is 10.4. The van der Waals surface area contributed by atoms with Gasteiger partial charge >= 0.3 is 0 Å². The lowest BCUT2D eigenvalue weighted by molar-refractivity contribution is 0.397. The minimum absolute atomic E-state index is 0.0685. The van der Waals surface area contributed by atoms with Gasteiger partial charge in [0, 0.05) is 24.8 Å². The van der Waals surface area contributed by atoms with Crippen molar-refractivity contribution < 1.29 is 10.2 Å². The Bertz CT molecular complexity index is 486. The van der Waals surface area contributed by atoms with Crippen molar-refractivity contribution >= 4 is 0 Å². The van der Waals surface area contributed by atoms with Crippen LogP contribution in [0.4, 0.5) is 0 Å². The van der Waals surface area contributed by atoms with E-state index >= 15 is 0 Å². The van der Waals surface area contributed by atoms with Crippen LogP contribution in [0.1, 0.15) is 11.3 Å². The van der Waals surface area contributed by atoms with Crippen LogP contribution in [0.5, 0.6) is 11.5 Å². The number of aromatic hydroxyl groups is 2. The van der Waals surface area contributed by atoms with E-state index in [1.54, 1.807) is 18.3 Å². The van der Waals surface area contributed by atoms with Gasteiger partial charge in [-0.2, -0.15) is 0 Å². The molecule has 2 rings (SSSR count). The molecule has 3 N–H and O–H groups in total. The van der Waals surface area contributed by atoms with Gasteiger partial charge in [-0.1, -0.05) is 18.2 Å². The molecule has 0 fully saturated rings. The van der Waals surface area contributed by atoms with Gasteiger partial charge in [0.15, 0.2) is 11.5 Å². The fraction of sp³-hybridized carbons (Fsp3) is 0.154. The first-order valence-electron chi connectivity index (χ1n) is 5.38. The Morgan fingerprint density at radius 3 is 2.65 bits per heavy atom. The summed E-state index contributed by atoms with van der Waals surface area (Å²) in [5.74, 6) is -0.164. The van der Waals surface area contributed by atoms with E-state index in [1.165, 1.54) is 6.07 Å². The number of nitrogens with one attached hydrogen (secondary N) is 1. The molecule has 1 aromatic carbocycles. The maximum Gasteiger partial charge on any atom is 0.161 e. The van der Waals surface area contributed by atoms with E-state index in [4.69, 9.17) is 0 Å². The lowest BCUT2D eigenvalue weighted by Gasteiger charge is -2.07. The molecule has 0 radical (unpaired) electrons. The lowest BCUT2D eigenvalue weighted by atomic mass is 10.2. The van der Waals surface area contributed by atoms with E-state index in [0.717, 1.165) is 5.69 Å². The smallest absolute Gasteiger partial charge is 0.161 e. The van der Waals surface area contributed by atoms with Crippen LogP contribution in [0.15, 0.2) is 42.6 Å². The number of nitrogens with zero attached hydrogens (tertiary/aromatic N) is 1. The van der Waals surface area contributed by atoms with E-state index < -0.39 is 0 Å². The Hall–Kier alpha value is -2.07. The fourth-order valence-electron chi connectivity index (χ4n) is 1.55. The van der Waals surface area contributed by atoms with Crippen molar-refractivity contribution in [1.82, 2.24) is 10.3 Å². The minimum atomic E-state index is -0.0952. The molecule has 0 amide bonds. The Morgan fingerprint density at radius 1 is 1.00 bits per heavy atom. The summed E-state index contributed by atoms with van der Waals surface area (Å²) in [6.07, 6.45) is 1.74. The first-order chi connectivity index (χ1) is 8.27. The number of phenols is 2. The zero-order valence-electron chi connectivity index (χ0n) is 9.30.